The maximum absolute atomic E-state index is 7.14. The van der Waals surface area contributed by atoms with Crippen molar-refractivity contribution in [1.29, 1.82) is 0 Å². The van der Waals surface area contributed by atoms with Crippen LogP contribution in [-0.2, 0) is 40.2 Å². The van der Waals surface area contributed by atoms with Gasteiger partial charge in [0, 0.05) is 35.3 Å². The number of hydrogen-bond acceptors (Lipinski definition) is 8. The third kappa shape index (κ3) is 16.3. The van der Waals surface area contributed by atoms with E-state index in [4.69, 9.17) is 39.2 Å². The molecule has 0 spiro atoms. The molecule has 0 unspecified atom stereocenters. The van der Waals surface area contributed by atoms with Crippen LogP contribution in [0.1, 0.15) is 80.4 Å². The van der Waals surface area contributed by atoms with Gasteiger partial charge in [0.15, 0.2) is 17.5 Å². The van der Waals surface area contributed by atoms with E-state index >= 15 is 0 Å². The molecule has 0 amide bonds. The number of benzene rings is 13. The molecule has 120 heavy (non-hydrogen) atoms. The fraction of sp³-hybridized carbons (Fsp3) is 0.127. The first-order valence-electron chi connectivity index (χ1n) is 40.8. The summed E-state index contributed by atoms with van der Waals surface area (Å²) >= 11 is 0. The van der Waals surface area contributed by atoms with Crippen molar-refractivity contribution in [2.45, 2.75) is 91.3 Å². The second-order valence-electron chi connectivity index (χ2n) is 33.8. The molecule has 17 aromatic rings. The van der Waals surface area contributed by atoms with Crippen LogP contribution in [0.25, 0.3) is 179 Å². The first kappa shape index (κ1) is 79.4. The van der Waals surface area contributed by atoms with Crippen LogP contribution in [0.2, 0.25) is 0 Å². The molecule has 0 aliphatic carbocycles. The fourth-order valence-corrected chi connectivity index (χ4v) is 16.0. The average molecular weight is 1730 g/mol. The molecule has 0 N–H and O–H groups in total. The van der Waals surface area contributed by atoms with E-state index in [9.17, 15) is 0 Å². The Hall–Kier alpha value is -13.0. The molecule has 18 rings (SSSR count). The van der Waals surface area contributed by atoms with Gasteiger partial charge in [-0.3, -0.25) is 0 Å². The van der Waals surface area contributed by atoms with E-state index in [1.807, 2.05) is 42.9 Å². The van der Waals surface area contributed by atoms with Gasteiger partial charge in [-0.05, 0) is 176 Å². The summed E-state index contributed by atoms with van der Waals surface area (Å²) in [6.07, 6.45) is 5.70. The third-order valence-corrected chi connectivity index (χ3v) is 23.3. The molecule has 8 nitrogen and oxygen atoms in total. The minimum Gasteiger partial charge on any atom is -0.400 e. The van der Waals surface area contributed by atoms with Crippen molar-refractivity contribution in [1.82, 2.24) is 29.9 Å². The molecule has 13 aromatic carbocycles. The molecule has 1 aliphatic heterocycles. The quantitative estimate of drug-likeness (QED) is 0.0657. The van der Waals surface area contributed by atoms with Crippen LogP contribution in [-0.4, -0.2) is 48.2 Å². The SMILES string of the molecule is CC(C)(C)c1ccnc(-c2[c-]cc(-c3ccccc3-c3cc(-c4ccccc4-c4c[c-]c(-c5ccc(-c6nc(-c7cccc(-c8ccccc8)c7)nc(-c7cccc(-c8ccccc8)c7)n6)cn5)cc4B4OC(C)(C)C(C)(C)O4)cc(-c4ccccc4-c4c[c-]c(-c5cc(C(C)(C)C)ccn5)cc4-c4ccccc4)c3)c(-c3ccccc3)c2)c1.[Ir+3]. The molecule has 0 saturated carbocycles. The largest absolute Gasteiger partial charge is 3.00 e. The molecule has 582 valence electrons. The van der Waals surface area contributed by atoms with E-state index in [1.54, 1.807) is 0 Å². The van der Waals surface area contributed by atoms with Crippen molar-refractivity contribution < 1.29 is 29.4 Å². The molecule has 0 radical (unpaired) electrons. The van der Waals surface area contributed by atoms with Crippen molar-refractivity contribution in [3.63, 3.8) is 0 Å². The van der Waals surface area contributed by atoms with Crippen molar-refractivity contribution in [3.05, 3.63) is 382 Å². The summed E-state index contributed by atoms with van der Waals surface area (Å²) in [4.78, 5) is 30.8. The predicted octanol–water partition coefficient (Wildman–Crippen LogP) is 27.0. The smallest absolute Gasteiger partial charge is 0.400 e. The van der Waals surface area contributed by atoms with E-state index in [0.29, 0.717) is 23.2 Å². The van der Waals surface area contributed by atoms with Crippen molar-refractivity contribution in [3.8, 4) is 179 Å². The molecule has 1 saturated heterocycles. The van der Waals surface area contributed by atoms with Gasteiger partial charge in [-0.1, -0.05) is 346 Å². The Bertz CT molecular complexity index is 6320. The minimum atomic E-state index is -0.778. The second-order valence-corrected chi connectivity index (χ2v) is 33.8. The van der Waals surface area contributed by atoms with Crippen molar-refractivity contribution >= 4 is 12.6 Å². The van der Waals surface area contributed by atoms with Crippen LogP contribution >= 0.6 is 0 Å². The van der Waals surface area contributed by atoms with Crippen LogP contribution in [0.15, 0.2) is 352 Å². The van der Waals surface area contributed by atoms with Crippen LogP contribution in [0.4, 0.5) is 0 Å². The Morgan fingerprint density at radius 1 is 0.267 bits per heavy atom. The van der Waals surface area contributed by atoms with E-state index < -0.39 is 18.3 Å². The maximum atomic E-state index is 7.14. The van der Waals surface area contributed by atoms with E-state index in [1.165, 1.54) is 11.1 Å². The number of hydrogen-bond donors (Lipinski definition) is 0. The Kier molecular flexibility index (Phi) is 21.9. The van der Waals surface area contributed by atoms with E-state index in [2.05, 4.69) is 397 Å². The van der Waals surface area contributed by atoms with Gasteiger partial charge >= 0.3 is 27.2 Å². The molecular weight excluding hydrogens is 1640 g/mol. The normalized spacial score (nSPS) is 13.1. The predicted molar refractivity (Wildman–Crippen MR) is 490 cm³/mol. The zero-order valence-electron chi connectivity index (χ0n) is 68.9. The zero-order chi connectivity index (χ0) is 81.6. The molecule has 4 aromatic heterocycles. The first-order valence-corrected chi connectivity index (χ1v) is 40.8. The number of pyridine rings is 3. The fourth-order valence-electron chi connectivity index (χ4n) is 16.0. The van der Waals surface area contributed by atoms with Crippen LogP contribution < -0.4 is 5.46 Å². The van der Waals surface area contributed by atoms with E-state index in [-0.39, 0.29) is 30.9 Å². The topological polar surface area (TPSA) is 95.8 Å². The molecule has 0 atom stereocenters. The van der Waals surface area contributed by atoms with Crippen LogP contribution in [0.5, 0.6) is 0 Å². The van der Waals surface area contributed by atoms with Crippen molar-refractivity contribution in [2.75, 3.05) is 0 Å². The summed E-state index contributed by atoms with van der Waals surface area (Å²) in [5.41, 5.74) is 30.2. The van der Waals surface area contributed by atoms with Crippen LogP contribution in [0, 0.1) is 18.2 Å². The summed E-state index contributed by atoms with van der Waals surface area (Å²) in [6, 6.07) is 129. The Balaban J connectivity index is 0.0000103. The van der Waals surface area contributed by atoms with Crippen molar-refractivity contribution in [2.24, 2.45) is 0 Å². The Labute approximate surface area is 718 Å². The number of aromatic nitrogens is 6. The summed E-state index contributed by atoms with van der Waals surface area (Å²) in [5.74, 6) is 1.59. The molecule has 1 fully saturated rings. The van der Waals surface area contributed by atoms with Gasteiger partial charge in [0.05, 0.1) is 11.2 Å². The van der Waals surface area contributed by atoms with Gasteiger partial charge in [0.2, 0.25) is 0 Å². The second kappa shape index (κ2) is 33.0. The summed E-state index contributed by atoms with van der Waals surface area (Å²) in [7, 11) is -0.778. The van der Waals surface area contributed by atoms with Gasteiger partial charge in [0.1, 0.15) is 0 Å². The third-order valence-electron chi connectivity index (χ3n) is 23.3. The standard InChI is InChI=1S/C110H88BN6O2.Ir/c1-107(2,3)87-57-59-112-102(69-87)78-49-53-95(98(66-78)74-35-19-13-20-36-74)92-46-26-23-43-89(92)84-63-85(90-44-24-27-47-93(90)96-54-50-79(67-99(96)75-37-21-14-22-38-75)103-70-88(58-60-113-103)108(4,5)6)65-86(64-84)91-45-25-28-48-94(91)97-55-51-80(68-100(97)111-118-109(7,8)110(9,10)119-111)101-56-52-83(71-114-101)106-116-104(81-41-29-39-76(61-81)72-31-15-11-16-32-72)115-105(117-106)82-42-30-40-77(62-82)73-33-17-12-18-34-73;/h11-48,52-71H,1-10H3;/q-3;+3. The first-order chi connectivity index (χ1) is 57.7. The van der Waals surface area contributed by atoms with Gasteiger partial charge in [-0.15, -0.1) is 71.3 Å². The Morgan fingerprint density at radius 3 is 0.992 bits per heavy atom. The van der Waals surface area contributed by atoms with Crippen LogP contribution in [0.3, 0.4) is 0 Å². The monoisotopic (exact) mass is 1730 g/mol. The van der Waals surface area contributed by atoms with Gasteiger partial charge in [0.25, 0.3) is 0 Å². The molecular formula is C110H88BIrN6O2. The molecule has 10 heteroatoms. The van der Waals surface area contributed by atoms with Gasteiger partial charge < -0.3 is 24.3 Å². The summed E-state index contributed by atoms with van der Waals surface area (Å²) in [6.45, 7) is 21.9. The van der Waals surface area contributed by atoms with Gasteiger partial charge in [-0.25, -0.2) is 15.0 Å². The Morgan fingerprint density at radius 2 is 0.600 bits per heavy atom. The number of nitrogens with zero attached hydrogens (tertiary/aromatic N) is 6. The minimum absolute atomic E-state index is 0. The molecule has 1 aliphatic rings. The molecule has 5 heterocycles. The zero-order valence-corrected chi connectivity index (χ0v) is 71.3. The molecule has 0 bridgehead atoms. The number of rotatable bonds is 17. The summed E-state index contributed by atoms with van der Waals surface area (Å²) < 4.78 is 14.3. The van der Waals surface area contributed by atoms with Gasteiger partial charge in [-0.2, -0.15) is 0 Å². The maximum Gasteiger partial charge on any atom is 3.00 e. The summed E-state index contributed by atoms with van der Waals surface area (Å²) in [5, 5.41) is 0. The average Bonchev–Trinajstić information content (AvgIpc) is 1.44. The van der Waals surface area contributed by atoms with E-state index in [0.717, 1.165) is 162 Å².